The third-order valence-electron chi connectivity index (χ3n) is 6.78. The van der Waals surface area contributed by atoms with E-state index in [9.17, 15) is 0 Å². The highest BCUT2D eigenvalue weighted by atomic mass is 35.5. The standard InChI is InChI=1S/C20H30ClN3/c1-22-20(16-6-2-3-7-17(16)21)11-5-4-8-19(20)23-18-14-24-12-9-15(18)10-13-24/h2-3,6-7,15,18-19,22-23H,4-5,8-14H2,1H3/t18-,19-,20+/m0/s1. The van der Waals surface area contributed by atoms with Gasteiger partial charge in [0.15, 0.2) is 0 Å². The largest absolute Gasteiger partial charge is 0.309 e. The van der Waals surface area contributed by atoms with Crippen LogP contribution in [0.15, 0.2) is 24.3 Å². The molecule has 0 spiro atoms. The molecule has 0 aromatic heterocycles. The minimum absolute atomic E-state index is 0.0391. The molecule has 3 aliphatic heterocycles. The number of nitrogens with one attached hydrogen (secondary N) is 2. The van der Waals surface area contributed by atoms with Gasteiger partial charge < -0.3 is 15.5 Å². The molecule has 4 fully saturated rings. The summed E-state index contributed by atoms with van der Waals surface area (Å²) in [4.78, 5) is 2.64. The number of nitrogens with zero attached hydrogens (tertiary/aromatic N) is 1. The van der Waals surface area contributed by atoms with E-state index in [-0.39, 0.29) is 5.54 Å². The molecular formula is C20H30ClN3. The van der Waals surface area contributed by atoms with Crippen LogP contribution in [0.25, 0.3) is 0 Å². The number of hydrogen-bond acceptors (Lipinski definition) is 3. The summed E-state index contributed by atoms with van der Waals surface area (Å²) in [5.74, 6) is 0.859. The Bertz CT molecular complexity index is 570. The molecule has 3 atom stereocenters. The Morgan fingerprint density at radius 2 is 1.92 bits per heavy atom. The molecule has 3 nitrogen and oxygen atoms in total. The molecule has 3 saturated heterocycles. The third kappa shape index (κ3) is 2.90. The number of rotatable bonds is 4. The Morgan fingerprint density at radius 3 is 2.58 bits per heavy atom. The van der Waals surface area contributed by atoms with E-state index in [1.165, 1.54) is 57.3 Å². The van der Waals surface area contributed by atoms with E-state index in [1.807, 2.05) is 12.1 Å². The molecule has 0 amide bonds. The predicted octanol–water partition coefficient (Wildman–Crippen LogP) is 3.38. The summed E-state index contributed by atoms with van der Waals surface area (Å²) in [5, 5.41) is 8.69. The van der Waals surface area contributed by atoms with Crippen LogP contribution in [0.4, 0.5) is 0 Å². The van der Waals surface area contributed by atoms with Crippen molar-refractivity contribution in [3.63, 3.8) is 0 Å². The SMILES string of the molecule is CN[C@@]1(c2ccccc2Cl)CCCC[C@@H]1N[C@H]1CN2CCC1CC2. The lowest BCUT2D eigenvalue weighted by atomic mass is 9.71. The molecule has 132 valence electrons. The van der Waals surface area contributed by atoms with Gasteiger partial charge in [0.05, 0.1) is 5.54 Å². The zero-order valence-electron chi connectivity index (χ0n) is 14.7. The molecule has 2 N–H and O–H groups in total. The Kier molecular flexibility index (Phi) is 4.88. The number of fused-ring (bicyclic) bond motifs is 3. The second-order valence-electron chi connectivity index (χ2n) is 7.91. The number of piperidine rings is 3. The second kappa shape index (κ2) is 6.95. The number of likely N-dealkylation sites (N-methyl/N-ethyl adjacent to an activating group) is 1. The predicted molar refractivity (Wildman–Crippen MR) is 101 cm³/mol. The fourth-order valence-corrected chi connectivity index (χ4v) is 5.69. The second-order valence-corrected chi connectivity index (χ2v) is 8.32. The van der Waals surface area contributed by atoms with Gasteiger partial charge in [-0.2, -0.15) is 0 Å². The van der Waals surface area contributed by atoms with E-state index < -0.39 is 0 Å². The van der Waals surface area contributed by atoms with Crippen molar-refractivity contribution in [2.75, 3.05) is 26.7 Å². The first-order chi connectivity index (χ1) is 11.7. The average Bonchev–Trinajstić information content (AvgIpc) is 2.64. The molecule has 4 heteroatoms. The van der Waals surface area contributed by atoms with Gasteiger partial charge in [0.25, 0.3) is 0 Å². The normalized spacial score (nSPS) is 39.1. The molecule has 0 radical (unpaired) electrons. The quantitative estimate of drug-likeness (QED) is 0.874. The van der Waals surface area contributed by atoms with Crippen molar-refractivity contribution in [1.29, 1.82) is 0 Å². The van der Waals surface area contributed by atoms with E-state index in [2.05, 4.69) is 34.7 Å². The number of hydrogen-bond donors (Lipinski definition) is 2. The van der Waals surface area contributed by atoms with Crippen molar-refractivity contribution >= 4 is 11.6 Å². The highest BCUT2D eigenvalue weighted by Crippen LogP contribution is 2.41. The van der Waals surface area contributed by atoms with Crippen LogP contribution in [0.3, 0.4) is 0 Å². The van der Waals surface area contributed by atoms with Crippen molar-refractivity contribution in [3.8, 4) is 0 Å². The van der Waals surface area contributed by atoms with Gasteiger partial charge >= 0.3 is 0 Å². The summed E-state index contributed by atoms with van der Waals surface area (Å²) in [6, 6.07) is 9.52. The van der Waals surface area contributed by atoms with E-state index >= 15 is 0 Å². The first kappa shape index (κ1) is 16.8. The summed E-state index contributed by atoms with van der Waals surface area (Å²) in [6.07, 6.45) is 7.70. The number of halogens is 1. The van der Waals surface area contributed by atoms with E-state index in [0.29, 0.717) is 12.1 Å². The topological polar surface area (TPSA) is 27.3 Å². The lowest BCUT2D eigenvalue weighted by molar-refractivity contribution is 0.0495. The van der Waals surface area contributed by atoms with Crippen molar-refractivity contribution in [2.45, 2.75) is 56.1 Å². The van der Waals surface area contributed by atoms with Gasteiger partial charge in [-0.1, -0.05) is 42.6 Å². The van der Waals surface area contributed by atoms with Crippen molar-refractivity contribution in [3.05, 3.63) is 34.9 Å². The minimum Gasteiger partial charge on any atom is -0.309 e. The van der Waals surface area contributed by atoms with Gasteiger partial charge in [-0.25, -0.2) is 0 Å². The van der Waals surface area contributed by atoms with Crippen LogP contribution in [0.1, 0.15) is 44.1 Å². The van der Waals surface area contributed by atoms with Gasteiger partial charge in [0, 0.05) is 23.7 Å². The van der Waals surface area contributed by atoms with Crippen LogP contribution in [-0.4, -0.2) is 43.7 Å². The zero-order chi connectivity index (χ0) is 16.6. The Labute approximate surface area is 151 Å². The summed E-state index contributed by atoms with van der Waals surface area (Å²) >= 11 is 6.62. The zero-order valence-corrected chi connectivity index (χ0v) is 15.5. The summed E-state index contributed by atoms with van der Waals surface area (Å²) in [6.45, 7) is 3.83. The lowest BCUT2D eigenvalue weighted by Gasteiger charge is -2.51. The van der Waals surface area contributed by atoms with Crippen LogP contribution in [0.5, 0.6) is 0 Å². The molecule has 1 saturated carbocycles. The van der Waals surface area contributed by atoms with Gasteiger partial charge in [-0.05, 0) is 63.4 Å². The minimum atomic E-state index is -0.0391. The first-order valence-corrected chi connectivity index (χ1v) is 10.0. The summed E-state index contributed by atoms with van der Waals surface area (Å²) < 4.78 is 0. The van der Waals surface area contributed by atoms with Gasteiger partial charge in [-0.15, -0.1) is 0 Å². The highest BCUT2D eigenvalue weighted by molar-refractivity contribution is 6.31. The lowest BCUT2D eigenvalue weighted by Crippen LogP contribution is -2.65. The van der Waals surface area contributed by atoms with Gasteiger partial charge in [0.1, 0.15) is 0 Å². The maximum Gasteiger partial charge on any atom is 0.0602 e. The monoisotopic (exact) mass is 347 g/mol. The maximum absolute atomic E-state index is 6.62. The summed E-state index contributed by atoms with van der Waals surface area (Å²) in [5.41, 5.74) is 1.23. The molecule has 1 aromatic rings. The first-order valence-electron chi connectivity index (χ1n) is 9.65. The van der Waals surface area contributed by atoms with Crippen molar-refractivity contribution in [2.24, 2.45) is 5.92 Å². The highest BCUT2D eigenvalue weighted by Gasteiger charge is 2.45. The molecule has 5 rings (SSSR count). The average molecular weight is 348 g/mol. The molecule has 4 aliphatic rings. The Balaban J connectivity index is 1.61. The van der Waals surface area contributed by atoms with Gasteiger partial charge in [0.2, 0.25) is 0 Å². The Morgan fingerprint density at radius 1 is 1.12 bits per heavy atom. The molecule has 24 heavy (non-hydrogen) atoms. The van der Waals surface area contributed by atoms with Crippen molar-refractivity contribution in [1.82, 2.24) is 15.5 Å². The smallest absolute Gasteiger partial charge is 0.0602 e. The fourth-order valence-electron chi connectivity index (χ4n) is 5.39. The third-order valence-corrected chi connectivity index (χ3v) is 7.11. The van der Waals surface area contributed by atoms with Crippen LogP contribution < -0.4 is 10.6 Å². The van der Waals surface area contributed by atoms with E-state index in [4.69, 9.17) is 11.6 Å². The van der Waals surface area contributed by atoms with Crippen molar-refractivity contribution < 1.29 is 0 Å². The molecule has 2 bridgehead atoms. The molecular weight excluding hydrogens is 318 g/mol. The van der Waals surface area contributed by atoms with Gasteiger partial charge in [-0.3, -0.25) is 0 Å². The molecule has 1 aromatic carbocycles. The fraction of sp³-hybridized carbons (Fsp3) is 0.700. The van der Waals surface area contributed by atoms with E-state index in [0.717, 1.165) is 17.4 Å². The molecule has 0 unspecified atom stereocenters. The summed E-state index contributed by atoms with van der Waals surface area (Å²) in [7, 11) is 2.11. The molecule has 3 heterocycles. The van der Waals surface area contributed by atoms with E-state index in [1.54, 1.807) is 0 Å². The number of benzene rings is 1. The Hall–Kier alpha value is -0.610. The van der Waals surface area contributed by atoms with Crippen LogP contribution in [-0.2, 0) is 5.54 Å². The van der Waals surface area contributed by atoms with Crippen LogP contribution in [0, 0.1) is 5.92 Å². The molecule has 1 aliphatic carbocycles. The maximum atomic E-state index is 6.62. The van der Waals surface area contributed by atoms with Crippen LogP contribution in [0.2, 0.25) is 5.02 Å². The van der Waals surface area contributed by atoms with Crippen LogP contribution >= 0.6 is 11.6 Å².